The Bertz CT molecular complexity index is 597. The summed E-state index contributed by atoms with van der Waals surface area (Å²) in [7, 11) is 3.89. The lowest BCUT2D eigenvalue weighted by atomic mass is 9.90. The number of halogens is 1. The minimum atomic E-state index is -0.878. The third-order valence-electron chi connectivity index (χ3n) is 5.09. The van der Waals surface area contributed by atoms with Gasteiger partial charge >= 0.3 is 0 Å². The number of rotatable bonds is 6. The van der Waals surface area contributed by atoms with Crippen LogP contribution < -0.4 is 10.2 Å². The highest BCUT2D eigenvalue weighted by molar-refractivity contribution is 5.95. The highest BCUT2D eigenvalue weighted by Gasteiger charge is 2.29. The van der Waals surface area contributed by atoms with Crippen molar-refractivity contribution in [2.24, 2.45) is 11.3 Å². The summed E-state index contributed by atoms with van der Waals surface area (Å²) >= 11 is 0. The van der Waals surface area contributed by atoms with Crippen LogP contribution in [0.15, 0.2) is 24.3 Å². The smallest absolute Gasteiger partial charge is 0.251 e. The van der Waals surface area contributed by atoms with E-state index in [4.69, 9.17) is 0 Å². The fourth-order valence-corrected chi connectivity index (χ4v) is 3.19. The van der Waals surface area contributed by atoms with Gasteiger partial charge in [0, 0.05) is 44.4 Å². The summed E-state index contributed by atoms with van der Waals surface area (Å²) in [5.74, 6) is -0.224. The van der Waals surface area contributed by atoms with E-state index in [0.717, 1.165) is 31.6 Å². The van der Waals surface area contributed by atoms with Crippen LogP contribution in [0.4, 0.5) is 10.1 Å². The van der Waals surface area contributed by atoms with Gasteiger partial charge in [-0.05, 0) is 49.5 Å². The van der Waals surface area contributed by atoms with Gasteiger partial charge in [-0.2, -0.15) is 0 Å². The predicted octanol–water partition coefficient (Wildman–Crippen LogP) is 3.58. The van der Waals surface area contributed by atoms with Crippen LogP contribution in [0.1, 0.15) is 44.0 Å². The number of anilines is 1. The maximum atomic E-state index is 14.5. The molecular weight excluding hydrogens is 329 g/mol. The minimum absolute atomic E-state index is 0.0955. The third-order valence-corrected chi connectivity index (χ3v) is 5.09. The number of likely N-dealkylation sites (tertiary alicyclic amines) is 1. The molecule has 0 spiro atoms. The van der Waals surface area contributed by atoms with Crippen molar-refractivity contribution in [3.05, 3.63) is 29.8 Å². The number of carbonyl (C=O) groups excluding carboxylic acids is 1. The second-order valence-corrected chi connectivity index (χ2v) is 8.83. The molecule has 2 unspecified atom stereocenters. The van der Waals surface area contributed by atoms with Gasteiger partial charge < -0.3 is 15.1 Å². The SMILES string of the molecule is CN(C)c1cccc(C(=O)NCC2CCN(CCC(C)(C)C)CC2F)c1. The summed E-state index contributed by atoms with van der Waals surface area (Å²) in [6, 6.07) is 7.49. The molecule has 1 aliphatic heterocycles. The van der Waals surface area contributed by atoms with Crippen LogP contribution in [0.3, 0.4) is 0 Å². The molecule has 2 rings (SSSR count). The number of alkyl halides is 1. The van der Waals surface area contributed by atoms with Crippen molar-refractivity contribution < 1.29 is 9.18 Å². The average molecular weight is 364 g/mol. The summed E-state index contributed by atoms with van der Waals surface area (Å²) < 4.78 is 14.5. The van der Waals surface area contributed by atoms with Crippen LogP contribution in [-0.4, -0.2) is 57.3 Å². The van der Waals surface area contributed by atoms with Crippen molar-refractivity contribution in [2.75, 3.05) is 45.2 Å². The highest BCUT2D eigenvalue weighted by atomic mass is 19.1. The number of amides is 1. The van der Waals surface area contributed by atoms with E-state index in [0.29, 0.717) is 18.7 Å². The van der Waals surface area contributed by atoms with Gasteiger partial charge in [0.1, 0.15) is 6.17 Å². The Kier molecular flexibility index (Phi) is 7.04. The lowest BCUT2D eigenvalue weighted by molar-refractivity contribution is 0.0724. The van der Waals surface area contributed by atoms with Gasteiger partial charge in [-0.1, -0.05) is 26.8 Å². The largest absolute Gasteiger partial charge is 0.378 e. The van der Waals surface area contributed by atoms with Crippen molar-refractivity contribution in [3.8, 4) is 0 Å². The maximum absolute atomic E-state index is 14.5. The second kappa shape index (κ2) is 8.85. The minimum Gasteiger partial charge on any atom is -0.378 e. The lowest BCUT2D eigenvalue weighted by Crippen LogP contribution is -2.46. The number of benzene rings is 1. The van der Waals surface area contributed by atoms with E-state index in [-0.39, 0.29) is 17.2 Å². The van der Waals surface area contributed by atoms with Crippen molar-refractivity contribution in [1.29, 1.82) is 0 Å². The van der Waals surface area contributed by atoms with Crippen molar-refractivity contribution in [1.82, 2.24) is 10.2 Å². The normalized spacial score (nSPS) is 21.5. The second-order valence-electron chi connectivity index (χ2n) is 8.83. The van der Waals surface area contributed by atoms with E-state index in [1.54, 1.807) is 6.07 Å². The molecule has 1 heterocycles. The zero-order chi connectivity index (χ0) is 19.3. The zero-order valence-electron chi connectivity index (χ0n) is 16.9. The Morgan fingerprint density at radius 3 is 2.69 bits per heavy atom. The van der Waals surface area contributed by atoms with Crippen LogP contribution in [0, 0.1) is 11.3 Å². The number of hydrogen-bond acceptors (Lipinski definition) is 3. The molecular formula is C21H34FN3O. The van der Waals surface area contributed by atoms with Crippen LogP contribution in [0.2, 0.25) is 0 Å². The summed E-state index contributed by atoms with van der Waals surface area (Å²) in [4.78, 5) is 16.6. The maximum Gasteiger partial charge on any atom is 0.251 e. The Balaban J connectivity index is 1.81. The molecule has 0 bridgehead atoms. The predicted molar refractivity (Wildman–Crippen MR) is 107 cm³/mol. The summed E-state index contributed by atoms with van der Waals surface area (Å²) in [5.41, 5.74) is 1.87. The van der Waals surface area contributed by atoms with Crippen LogP contribution in [0.5, 0.6) is 0 Å². The number of nitrogens with one attached hydrogen (secondary N) is 1. The molecule has 146 valence electrons. The van der Waals surface area contributed by atoms with E-state index >= 15 is 0 Å². The highest BCUT2D eigenvalue weighted by Crippen LogP contribution is 2.24. The third kappa shape index (κ3) is 6.27. The van der Waals surface area contributed by atoms with Gasteiger partial charge in [-0.3, -0.25) is 4.79 Å². The zero-order valence-corrected chi connectivity index (χ0v) is 16.9. The van der Waals surface area contributed by atoms with Crippen LogP contribution >= 0.6 is 0 Å². The Morgan fingerprint density at radius 1 is 1.35 bits per heavy atom. The van der Waals surface area contributed by atoms with Crippen molar-refractivity contribution >= 4 is 11.6 Å². The van der Waals surface area contributed by atoms with Gasteiger partial charge in [-0.15, -0.1) is 0 Å². The molecule has 1 fully saturated rings. The molecule has 0 saturated carbocycles. The first-order chi connectivity index (χ1) is 12.2. The molecule has 0 radical (unpaired) electrons. The van der Waals surface area contributed by atoms with Gasteiger partial charge in [0.15, 0.2) is 0 Å². The topological polar surface area (TPSA) is 35.6 Å². The molecule has 5 heteroatoms. The summed E-state index contributed by atoms with van der Waals surface area (Å²) in [5, 5.41) is 2.92. The van der Waals surface area contributed by atoms with Gasteiger partial charge in [-0.25, -0.2) is 4.39 Å². The fraction of sp³-hybridized carbons (Fsp3) is 0.667. The number of hydrogen-bond donors (Lipinski definition) is 1. The summed E-state index contributed by atoms with van der Waals surface area (Å²) in [6.45, 7) is 9.38. The molecule has 1 aromatic carbocycles. The molecule has 1 saturated heterocycles. The fourth-order valence-electron chi connectivity index (χ4n) is 3.19. The molecule has 2 atom stereocenters. The Hall–Kier alpha value is -1.62. The standard InChI is InChI=1S/C21H34FN3O/c1-21(2,3)10-12-25-11-9-17(19(22)15-25)14-23-20(26)16-7-6-8-18(13-16)24(4)5/h6-8,13,17,19H,9-12,14-15H2,1-5H3,(H,23,26). The van der Waals surface area contributed by atoms with E-state index in [1.807, 2.05) is 37.2 Å². The molecule has 0 aliphatic carbocycles. The first-order valence-corrected chi connectivity index (χ1v) is 9.58. The molecule has 1 N–H and O–H groups in total. The lowest BCUT2D eigenvalue weighted by Gasteiger charge is -2.36. The quantitative estimate of drug-likeness (QED) is 0.839. The van der Waals surface area contributed by atoms with Crippen LogP contribution in [-0.2, 0) is 0 Å². The van der Waals surface area contributed by atoms with E-state index in [9.17, 15) is 9.18 Å². The molecule has 1 aliphatic rings. The monoisotopic (exact) mass is 363 g/mol. The number of nitrogens with zero attached hydrogens (tertiary/aromatic N) is 2. The van der Waals surface area contributed by atoms with Gasteiger partial charge in [0.25, 0.3) is 5.91 Å². The van der Waals surface area contributed by atoms with Gasteiger partial charge in [0.05, 0.1) is 0 Å². The average Bonchev–Trinajstić information content (AvgIpc) is 2.58. The molecule has 26 heavy (non-hydrogen) atoms. The number of piperidine rings is 1. The van der Waals surface area contributed by atoms with Gasteiger partial charge in [0.2, 0.25) is 0 Å². The van der Waals surface area contributed by atoms with Crippen molar-refractivity contribution in [3.63, 3.8) is 0 Å². The molecule has 1 aromatic rings. The molecule has 1 amide bonds. The van der Waals surface area contributed by atoms with E-state index in [2.05, 4.69) is 31.0 Å². The number of carbonyl (C=O) groups is 1. The van der Waals surface area contributed by atoms with Crippen LogP contribution in [0.25, 0.3) is 0 Å². The Labute approximate surface area is 157 Å². The summed E-state index contributed by atoms with van der Waals surface area (Å²) in [6.07, 6.45) is 0.990. The Morgan fingerprint density at radius 2 is 2.08 bits per heavy atom. The van der Waals surface area contributed by atoms with E-state index < -0.39 is 6.17 Å². The van der Waals surface area contributed by atoms with Crippen molar-refractivity contribution in [2.45, 2.75) is 39.8 Å². The first-order valence-electron chi connectivity index (χ1n) is 9.58. The van der Waals surface area contributed by atoms with E-state index in [1.165, 1.54) is 0 Å². The first kappa shape index (κ1) is 20.7. The molecule has 0 aromatic heterocycles. The molecule has 4 nitrogen and oxygen atoms in total.